The summed E-state index contributed by atoms with van der Waals surface area (Å²) in [5.74, 6) is -0.828. The van der Waals surface area contributed by atoms with E-state index in [2.05, 4.69) is 50.2 Å². The van der Waals surface area contributed by atoms with Crippen LogP contribution in [0.15, 0.2) is 30.3 Å². The maximum atomic E-state index is 11.8. The molecule has 4 rings (SSSR count). The molecule has 0 spiro atoms. The van der Waals surface area contributed by atoms with Crippen molar-refractivity contribution in [2.75, 3.05) is 31.7 Å². The molecule has 6 heteroatoms. The molecule has 1 aliphatic rings. The van der Waals surface area contributed by atoms with Crippen LogP contribution in [0.4, 0.5) is 5.69 Å². The molecule has 184 valence electrons. The van der Waals surface area contributed by atoms with Crippen molar-refractivity contribution >= 4 is 34.2 Å². The molecule has 3 aromatic rings. The van der Waals surface area contributed by atoms with E-state index in [1.54, 1.807) is 7.11 Å². The molecule has 2 aromatic carbocycles. The van der Waals surface area contributed by atoms with Gasteiger partial charge in [0.15, 0.2) is 0 Å². The van der Waals surface area contributed by atoms with Gasteiger partial charge in [-0.05, 0) is 59.7 Å². The maximum Gasteiger partial charge on any atom is 0.307 e. The Bertz CT molecular complexity index is 1170. The highest BCUT2D eigenvalue weighted by Crippen LogP contribution is 2.44. The Labute approximate surface area is 208 Å². The van der Waals surface area contributed by atoms with Crippen LogP contribution >= 0.6 is 11.6 Å². The highest BCUT2D eigenvalue weighted by molar-refractivity contribution is 6.30. The summed E-state index contributed by atoms with van der Waals surface area (Å²) >= 11 is 6.11. The van der Waals surface area contributed by atoms with Crippen molar-refractivity contribution in [3.05, 3.63) is 52.2 Å². The van der Waals surface area contributed by atoms with E-state index in [1.165, 1.54) is 11.2 Å². The van der Waals surface area contributed by atoms with Gasteiger partial charge in [0.25, 0.3) is 0 Å². The number of hydrogen-bond acceptors (Lipinski definition) is 3. The topological polar surface area (TPSA) is 54.7 Å². The van der Waals surface area contributed by atoms with Crippen LogP contribution in [0.2, 0.25) is 5.02 Å². The third kappa shape index (κ3) is 5.76. The molecule has 5 nitrogen and oxygen atoms in total. The fourth-order valence-electron chi connectivity index (χ4n) is 4.54. The normalized spacial score (nSPS) is 13.1. The lowest BCUT2D eigenvalue weighted by atomic mass is 9.88. The number of aromatic nitrogens is 1. The molecule has 0 atom stereocenters. The zero-order chi connectivity index (χ0) is 25.2. The van der Waals surface area contributed by atoms with Gasteiger partial charge in [0.1, 0.15) is 0 Å². The van der Waals surface area contributed by atoms with E-state index in [9.17, 15) is 9.90 Å². The SMILES string of the molecule is CC(C)(C)C.COCCN1CCn2c(C)cc3c(-c4ccc(Cl)cc4)c(CC(=O)O)c(C)c1c32. The second-order valence-electron chi connectivity index (χ2n) is 10.6. The lowest BCUT2D eigenvalue weighted by Gasteiger charge is -2.34. The van der Waals surface area contributed by atoms with E-state index in [4.69, 9.17) is 16.3 Å². The predicted octanol–water partition coefficient (Wildman–Crippen LogP) is 6.72. The number of ether oxygens (including phenoxy) is 1. The van der Waals surface area contributed by atoms with Gasteiger partial charge in [0, 0.05) is 42.8 Å². The maximum absolute atomic E-state index is 11.8. The van der Waals surface area contributed by atoms with Crippen molar-refractivity contribution in [3.63, 3.8) is 0 Å². The van der Waals surface area contributed by atoms with E-state index in [0.29, 0.717) is 17.0 Å². The fourth-order valence-corrected chi connectivity index (χ4v) is 4.67. The zero-order valence-corrected chi connectivity index (χ0v) is 22.2. The number of halogens is 1. The number of carboxylic acid groups (broad SMARTS) is 1. The molecule has 1 N–H and O–H groups in total. The summed E-state index contributed by atoms with van der Waals surface area (Å²) in [5.41, 5.74) is 7.88. The molecular weight excluding hydrogens is 448 g/mol. The molecular formula is C28H37ClN2O3. The Balaban J connectivity index is 0.000000588. The molecule has 0 radical (unpaired) electrons. The van der Waals surface area contributed by atoms with Gasteiger partial charge in [-0.25, -0.2) is 0 Å². The number of hydrogen-bond donors (Lipinski definition) is 1. The Hall–Kier alpha value is -2.50. The van der Waals surface area contributed by atoms with Crippen molar-refractivity contribution in [2.45, 2.75) is 54.5 Å². The number of nitrogens with zero attached hydrogens (tertiary/aromatic N) is 2. The Morgan fingerprint density at radius 1 is 1.12 bits per heavy atom. The van der Waals surface area contributed by atoms with Gasteiger partial charge in [-0.3, -0.25) is 4.79 Å². The minimum absolute atomic E-state index is 0.0188. The molecule has 0 saturated heterocycles. The molecule has 0 fully saturated rings. The van der Waals surface area contributed by atoms with Crippen LogP contribution in [0.5, 0.6) is 0 Å². The van der Waals surface area contributed by atoms with E-state index in [0.717, 1.165) is 53.0 Å². The van der Waals surface area contributed by atoms with Crippen LogP contribution in [-0.2, 0) is 22.5 Å². The molecule has 0 amide bonds. The summed E-state index contributed by atoms with van der Waals surface area (Å²) in [6, 6.07) is 9.85. The molecule has 0 unspecified atom stereocenters. The minimum Gasteiger partial charge on any atom is -0.481 e. The number of benzene rings is 2. The lowest BCUT2D eigenvalue weighted by Crippen LogP contribution is -2.35. The van der Waals surface area contributed by atoms with Crippen molar-refractivity contribution in [3.8, 4) is 11.1 Å². The number of rotatable bonds is 6. The van der Waals surface area contributed by atoms with Crippen molar-refractivity contribution in [1.29, 1.82) is 0 Å². The van der Waals surface area contributed by atoms with Crippen molar-refractivity contribution < 1.29 is 14.6 Å². The first-order valence-corrected chi connectivity index (χ1v) is 12.2. The van der Waals surface area contributed by atoms with Gasteiger partial charge in [-0.2, -0.15) is 0 Å². The summed E-state index contributed by atoms with van der Waals surface area (Å²) in [6.07, 6.45) is -0.0188. The molecule has 34 heavy (non-hydrogen) atoms. The van der Waals surface area contributed by atoms with Crippen LogP contribution < -0.4 is 4.90 Å². The minimum atomic E-state index is -0.828. The number of methoxy groups -OCH3 is 1. The Morgan fingerprint density at radius 2 is 1.74 bits per heavy atom. The van der Waals surface area contributed by atoms with Gasteiger partial charge in [-0.1, -0.05) is 51.4 Å². The van der Waals surface area contributed by atoms with Crippen molar-refractivity contribution in [1.82, 2.24) is 4.57 Å². The highest BCUT2D eigenvalue weighted by Gasteiger charge is 2.28. The molecule has 0 aliphatic carbocycles. The summed E-state index contributed by atoms with van der Waals surface area (Å²) in [6.45, 7) is 16.1. The number of anilines is 1. The average molecular weight is 485 g/mol. The van der Waals surface area contributed by atoms with Gasteiger partial charge in [0.2, 0.25) is 0 Å². The predicted molar refractivity (Wildman–Crippen MR) is 142 cm³/mol. The van der Waals surface area contributed by atoms with E-state index in [-0.39, 0.29) is 6.42 Å². The zero-order valence-electron chi connectivity index (χ0n) is 21.5. The smallest absolute Gasteiger partial charge is 0.307 e. The van der Waals surface area contributed by atoms with E-state index in [1.807, 2.05) is 31.2 Å². The van der Waals surface area contributed by atoms with Crippen LogP contribution in [0.25, 0.3) is 22.0 Å². The van der Waals surface area contributed by atoms with Gasteiger partial charge >= 0.3 is 5.97 Å². The van der Waals surface area contributed by atoms with Crippen LogP contribution in [0.3, 0.4) is 0 Å². The quantitative estimate of drug-likeness (QED) is 0.421. The summed E-state index contributed by atoms with van der Waals surface area (Å²) in [4.78, 5) is 14.1. The second kappa shape index (κ2) is 10.4. The largest absolute Gasteiger partial charge is 0.481 e. The highest BCUT2D eigenvalue weighted by atomic mass is 35.5. The first-order valence-electron chi connectivity index (χ1n) is 11.8. The van der Waals surface area contributed by atoms with Crippen LogP contribution in [0.1, 0.15) is 44.5 Å². The number of aryl methyl sites for hydroxylation is 1. The molecule has 0 saturated carbocycles. The van der Waals surface area contributed by atoms with Gasteiger partial charge in [0.05, 0.1) is 24.2 Å². The number of carboxylic acids is 1. The fraction of sp³-hybridized carbons (Fsp3) is 0.464. The van der Waals surface area contributed by atoms with Gasteiger partial charge in [-0.15, -0.1) is 0 Å². The first kappa shape index (κ1) is 26.1. The first-order chi connectivity index (χ1) is 15.9. The van der Waals surface area contributed by atoms with Crippen LogP contribution in [-0.4, -0.2) is 42.4 Å². The molecule has 1 aliphatic heterocycles. The summed E-state index contributed by atoms with van der Waals surface area (Å²) in [7, 11) is 1.71. The van der Waals surface area contributed by atoms with Crippen LogP contribution in [0, 0.1) is 19.3 Å². The average Bonchev–Trinajstić information content (AvgIpc) is 3.06. The Kier molecular flexibility index (Phi) is 7.99. The third-order valence-corrected chi connectivity index (χ3v) is 6.10. The standard InChI is InChI=1S/C23H25ClN2O3.C5H12/c1-14-12-19-21(16-4-6-17(24)7-5-16)18(13-20(27)28)15(2)22-23(19)26(14)9-8-25(22)10-11-29-3;1-5(2,3)4/h4-7,12H,8-11,13H2,1-3H3,(H,27,28);1-4H3. The lowest BCUT2D eigenvalue weighted by molar-refractivity contribution is -0.136. The number of aliphatic carboxylic acids is 1. The summed E-state index contributed by atoms with van der Waals surface area (Å²) < 4.78 is 7.67. The van der Waals surface area contributed by atoms with Gasteiger partial charge < -0.3 is 19.3 Å². The Morgan fingerprint density at radius 3 is 2.29 bits per heavy atom. The molecule has 2 heterocycles. The molecule has 1 aromatic heterocycles. The number of carbonyl (C=O) groups is 1. The third-order valence-electron chi connectivity index (χ3n) is 5.84. The van der Waals surface area contributed by atoms with E-state index < -0.39 is 5.97 Å². The van der Waals surface area contributed by atoms with E-state index >= 15 is 0 Å². The summed E-state index contributed by atoms with van der Waals surface area (Å²) in [5, 5.41) is 11.4. The molecule has 0 bridgehead atoms. The van der Waals surface area contributed by atoms with Crippen molar-refractivity contribution in [2.24, 2.45) is 5.41 Å². The second-order valence-corrected chi connectivity index (χ2v) is 11.0. The monoisotopic (exact) mass is 484 g/mol.